The highest BCUT2D eigenvalue weighted by atomic mass is 32.1. The number of anilines is 1. The molecular weight excluding hydrogens is 435 g/mol. The number of fused-ring (bicyclic) bond motifs is 1. The number of carbonyl (C=O) groups is 2. The normalized spacial score (nSPS) is 13.4. The number of nitrogens with one attached hydrogen (secondary N) is 1. The fourth-order valence-electron chi connectivity index (χ4n) is 3.42. The fraction of sp³-hybridized carbons (Fsp3) is 0.364. The van der Waals surface area contributed by atoms with E-state index in [0.717, 1.165) is 16.1 Å². The number of hydrogen-bond donors (Lipinski definition) is 1. The van der Waals surface area contributed by atoms with Crippen LogP contribution in [0.5, 0.6) is 0 Å². The zero-order valence-corrected chi connectivity index (χ0v) is 19.2. The summed E-state index contributed by atoms with van der Waals surface area (Å²) < 4.78 is 13.2. The van der Waals surface area contributed by atoms with Crippen LogP contribution in [-0.2, 0) is 17.8 Å². The molecule has 1 aromatic carbocycles. The Balaban J connectivity index is 1.46. The van der Waals surface area contributed by atoms with E-state index in [9.17, 15) is 14.0 Å². The van der Waals surface area contributed by atoms with Crippen molar-refractivity contribution in [3.8, 4) is 10.6 Å². The Labute approximate surface area is 188 Å². The minimum absolute atomic E-state index is 0.160. The number of aryl methyl sites for hydroxylation is 1. The number of carbonyl (C=O) groups excluding carboxylic acids is 2. The van der Waals surface area contributed by atoms with E-state index in [2.05, 4.69) is 15.3 Å². The predicted octanol–water partition coefficient (Wildman–Crippen LogP) is 4.90. The predicted molar refractivity (Wildman–Crippen MR) is 121 cm³/mol. The molecule has 6 nitrogen and oxygen atoms in total. The molecular formula is C22H23FN4O2S2. The van der Waals surface area contributed by atoms with Crippen molar-refractivity contribution in [1.82, 2.24) is 14.9 Å². The first kappa shape index (κ1) is 21.6. The van der Waals surface area contributed by atoms with Gasteiger partial charge in [0.1, 0.15) is 15.7 Å². The van der Waals surface area contributed by atoms with E-state index in [1.165, 1.54) is 34.8 Å². The maximum Gasteiger partial charge on any atom is 0.269 e. The van der Waals surface area contributed by atoms with Crippen molar-refractivity contribution >= 4 is 39.6 Å². The molecule has 1 aliphatic rings. The number of halogens is 1. The van der Waals surface area contributed by atoms with Gasteiger partial charge >= 0.3 is 0 Å². The van der Waals surface area contributed by atoms with E-state index in [0.29, 0.717) is 52.6 Å². The van der Waals surface area contributed by atoms with Gasteiger partial charge in [-0.05, 0) is 37.1 Å². The molecule has 2 amide bonds. The van der Waals surface area contributed by atoms with Gasteiger partial charge in [-0.3, -0.25) is 14.9 Å². The minimum Gasteiger partial charge on any atom is -0.337 e. The number of thiazole rings is 2. The van der Waals surface area contributed by atoms with Crippen molar-refractivity contribution in [1.29, 1.82) is 0 Å². The van der Waals surface area contributed by atoms with Crippen molar-refractivity contribution < 1.29 is 14.0 Å². The summed E-state index contributed by atoms with van der Waals surface area (Å²) in [5.41, 5.74) is 2.33. The topological polar surface area (TPSA) is 75.2 Å². The van der Waals surface area contributed by atoms with E-state index in [4.69, 9.17) is 0 Å². The SMILES string of the molecule is Cc1nc(-c2ccc(F)cc2)sc1C(=O)Nc1nc2c(s1)CN(C(=O)CC(C)C)CC2. The lowest BCUT2D eigenvalue weighted by molar-refractivity contribution is -0.132. The van der Waals surface area contributed by atoms with Crippen LogP contribution in [-0.4, -0.2) is 33.2 Å². The Bertz CT molecular complexity index is 1120. The molecule has 0 saturated carbocycles. The second-order valence-corrected chi connectivity index (χ2v) is 10.0. The summed E-state index contributed by atoms with van der Waals surface area (Å²) in [4.78, 5) is 37.6. The van der Waals surface area contributed by atoms with Crippen molar-refractivity contribution in [2.24, 2.45) is 5.92 Å². The molecule has 0 radical (unpaired) electrons. The molecule has 31 heavy (non-hydrogen) atoms. The van der Waals surface area contributed by atoms with E-state index < -0.39 is 0 Å². The number of nitrogens with zero attached hydrogens (tertiary/aromatic N) is 3. The zero-order chi connectivity index (χ0) is 22.1. The maximum atomic E-state index is 13.2. The molecule has 3 heterocycles. The lowest BCUT2D eigenvalue weighted by Crippen LogP contribution is -2.36. The van der Waals surface area contributed by atoms with Gasteiger partial charge in [0.05, 0.1) is 17.9 Å². The van der Waals surface area contributed by atoms with Gasteiger partial charge in [0, 0.05) is 29.8 Å². The van der Waals surface area contributed by atoms with Gasteiger partial charge < -0.3 is 4.90 Å². The van der Waals surface area contributed by atoms with E-state index >= 15 is 0 Å². The van der Waals surface area contributed by atoms with Crippen LogP contribution in [0.25, 0.3) is 10.6 Å². The van der Waals surface area contributed by atoms with Gasteiger partial charge in [-0.1, -0.05) is 25.2 Å². The van der Waals surface area contributed by atoms with Crippen molar-refractivity contribution in [3.05, 3.63) is 51.2 Å². The van der Waals surface area contributed by atoms with Crippen LogP contribution >= 0.6 is 22.7 Å². The third-order valence-electron chi connectivity index (χ3n) is 4.98. The Morgan fingerprint density at radius 2 is 1.94 bits per heavy atom. The molecule has 2 aromatic heterocycles. The molecule has 162 valence electrons. The van der Waals surface area contributed by atoms with Gasteiger partial charge in [0.25, 0.3) is 5.91 Å². The highest BCUT2D eigenvalue weighted by molar-refractivity contribution is 7.18. The number of rotatable bonds is 5. The zero-order valence-electron chi connectivity index (χ0n) is 17.6. The Morgan fingerprint density at radius 1 is 1.19 bits per heavy atom. The van der Waals surface area contributed by atoms with Crippen molar-refractivity contribution in [2.75, 3.05) is 11.9 Å². The molecule has 0 aliphatic carbocycles. The summed E-state index contributed by atoms with van der Waals surface area (Å²) in [5.74, 6) is -0.0877. The van der Waals surface area contributed by atoms with Crippen LogP contribution in [0.4, 0.5) is 9.52 Å². The third-order valence-corrected chi connectivity index (χ3v) is 7.18. The van der Waals surface area contributed by atoms with E-state index in [-0.39, 0.29) is 17.6 Å². The van der Waals surface area contributed by atoms with Gasteiger partial charge in [0.15, 0.2) is 5.13 Å². The molecule has 4 rings (SSSR count). The maximum absolute atomic E-state index is 13.2. The molecule has 0 fully saturated rings. The summed E-state index contributed by atoms with van der Waals surface area (Å²) in [6.07, 6.45) is 1.23. The van der Waals surface area contributed by atoms with Crippen molar-refractivity contribution in [2.45, 2.75) is 40.2 Å². The third kappa shape index (κ3) is 4.83. The van der Waals surface area contributed by atoms with E-state index in [1.54, 1.807) is 19.1 Å². The standard InChI is InChI=1S/C22H23FN4O2S2/c1-12(2)10-18(28)27-9-8-16-17(11-27)30-22(25-16)26-20(29)19-13(3)24-21(31-19)14-4-6-15(23)7-5-14/h4-7,12H,8-11H2,1-3H3,(H,25,26,29). The number of benzene rings is 1. The Kier molecular flexibility index (Phi) is 6.15. The molecule has 0 saturated heterocycles. The van der Waals surface area contributed by atoms with E-state index in [1.807, 2.05) is 18.7 Å². The first-order chi connectivity index (χ1) is 14.8. The molecule has 0 bridgehead atoms. The fourth-order valence-corrected chi connectivity index (χ4v) is 5.40. The highest BCUT2D eigenvalue weighted by Crippen LogP contribution is 2.31. The number of aromatic nitrogens is 2. The first-order valence-corrected chi connectivity index (χ1v) is 11.7. The van der Waals surface area contributed by atoms with Crippen LogP contribution in [0, 0.1) is 18.7 Å². The van der Waals surface area contributed by atoms with Crippen LogP contribution in [0.1, 0.15) is 46.2 Å². The second kappa shape index (κ2) is 8.84. The summed E-state index contributed by atoms with van der Waals surface area (Å²) in [7, 11) is 0. The monoisotopic (exact) mass is 458 g/mol. The summed E-state index contributed by atoms with van der Waals surface area (Å²) in [5, 5.41) is 4.08. The molecule has 0 atom stereocenters. The molecule has 9 heteroatoms. The van der Waals surface area contributed by atoms with Crippen LogP contribution in [0.15, 0.2) is 24.3 Å². The Hall–Kier alpha value is -2.65. The van der Waals surface area contributed by atoms with Gasteiger partial charge in [-0.2, -0.15) is 0 Å². The molecule has 3 aromatic rings. The van der Waals surface area contributed by atoms with Crippen molar-refractivity contribution in [3.63, 3.8) is 0 Å². The first-order valence-electron chi connectivity index (χ1n) is 10.1. The smallest absolute Gasteiger partial charge is 0.269 e. The summed E-state index contributed by atoms with van der Waals surface area (Å²) >= 11 is 2.68. The largest absolute Gasteiger partial charge is 0.337 e. The molecule has 1 aliphatic heterocycles. The van der Waals surface area contributed by atoms with Gasteiger partial charge in [0.2, 0.25) is 5.91 Å². The summed E-state index contributed by atoms with van der Waals surface area (Å²) in [6.45, 7) is 7.06. The second-order valence-electron chi connectivity index (χ2n) is 7.95. The van der Waals surface area contributed by atoms with Crippen LogP contribution in [0.3, 0.4) is 0 Å². The lowest BCUT2D eigenvalue weighted by Gasteiger charge is -2.26. The Morgan fingerprint density at radius 3 is 2.65 bits per heavy atom. The van der Waals surface area contributed by atoms with Gasteiger partial charge in [-0.25, -0.2) is 14.4 Å². The summed E-state index contributed by atoms with van der Waals surface area (Å²) in [6, 6.07) is 6.05. The van der Waals surface area contributed by atoms with Gasteiger partial charge in [-0.15, -0.1) is 11.3 Å². The molecule has 0 spiro atoms. The van der Waals surface area contributed by atoms with Crippen LogP contribution < -0.4 is 5.32 Å². The molecule has 1 N–H and O–H groups in total. The van der Waals surface area contributed by atoms with Crippen LogP contribution in [0.2, 0.25) is 0 Å². The molecule has 0 unspecified atom stereocenters. The lowest BCUT2D eigenvalue weighted by atomic mass is 10.1. The highest BCUT2D eigenvalue weighted by Gasteiger charge is 2.25. The average molecular weight is 459 g/mol. The minimum atomic E-state index is -0.313. The quantitative estimate of drug-likeness (QED) is 0.590. The number of hydrogen-bond acceptors (Lipinski definition) is 6. The average Bonchev–Trinajstić information content (AvgIpc) is 3.30. The number of amides is 2.